The van der Waals surface area contributed by atoms with Crippen molar-refractivity contribution in [2.24, 2.45) is 11.8 Å². The van der Waals surface area contributed by atoms with Crippen molar-refractivity contribution in [1.29, 1.82) is 0 Å². The summed E-state index contributed by atoms with van der Waals surface area (Å²) < 4.78 is 0. The van der Waals surface area contributed by atoms with E-state index in [1.165, 1.54) is 0 Å². The van der Waals surface area contributed by atoms with Crippen LogP contribution in [-0.2, 0) is 9.59 Å². The minimum Gasteiger partial charge on any atom is -0.344 e. The van der Waals surface area contributed by atoms with Gasteiger partial charge in [0.1, 0.15) is 11.7 Å². The highest BCUT2D eigenvalue weighted by molar-refractivity contribution is 5.98. The van der Waals surface area contributed by atoms with Crippen LogP contribution in [0.3, 0.4) is 0 Å². The molecule has 6 heteroatoms. The molecule has 28 heavy (non-hydrogen) atoms. The number of hydrogen-bond acceptors (Lipinski definition) is 4. The molecular weight excluding hydrogens is 354 g/mol. The van der Waals surface area contributed by atoms with Crippen molar-refractivity contribution >= 4 is 29.0 Å². The first kappa shape index (κ1) is 21.5. The van der Waals surface area contributed by atoms with Crippen molar-refractivity contribution in [3.8, 4) is 0 Å². The van der Waals surface area contributed by atoms with Crippen LogP contribution in [0.1, 0.15) is 51.0 Å². The van der Waals surface area contributed by atoms with Crippen molar-refractivity contribution in [3.05, 3.63) is 42.1 Å². The van der Waals surface area contributed by atoms with Crippen molar-refractivity contribution in [2.45, 2.75) is 52.6 Å². The first-order valence-electron chi connectivity index (χ1n) is 9.64. The number of hydrogen-bond donors (Lipinski definition) is 2. The number of rotatable bonds is 9. The number of benzene rings is 1. The lowest BCUT2D eigenvalue weighted by molar-refractivity contribution is -0.123. The van der Waals surface area contributed by atoms with Gasteiger partial charge >= 0.3 is 0 Å². The Balaban J connectivity index is 2.13. The van der Waals surface area contributed by atoms with E-state index in [4.69, 9.17) is 0 Å². The highest BCUT2D eigenvalue weighted by Gasteiger charge is 2.25. The zero-order valence-electron chi connectivity index (χ0n) is 16.9. The summed E-state index contributed by atoms with van der Waals surface area (Å²) in [7, 11) is 0. The van der Waals surface area contributed by atoms with Gasteiger partial charge in [0.2, 0.25) is 12.2 Å². The third kappa shape index (κ3) is 6.15. The molecule has 0 saturated heterocycles. The Kier molecular flexibility index (Phi) is 7.67. The van der Waals surface area contributed by atoms with Crippen LogP contribution in [0.4, 0.5) is 0 Å². The smallest absolute Gasteiger partial charge is 0.270 e. The fraction of sp³-hybridized carbons (Fsp3) is 0.455. The normalized spacial score (nSPS) is 13.4. The molecule has 0 saturated carbocycles. The SMILES string of the molecule is CC(C)C[C@@H]([C]=O)NC(=O)[C@H](CC(C)C)NC(=O)c1ccc2ccccc2n1. The molecule has 2 amide bonds. The highest BCUT2D eigenvalue weighted by atomic mass is 16.2. The molecule has 149 valence electrons. The second-order valence-corrected chi connectivity index (χ2v) is 7.85. The third-order valence-electron chi connectivity index (χ3n) is 4.33. The standard InChI is InChI=1S/C22H28N3O3/c1-14(2)11-17(13-26)23-22(28)20(12-15(3)4)25-21(27)19-10-9-16-7-5-6-8-18(16)24-19/h5-10,14-15,17,20H,11-12H2,1-4H3,(H,23,28)(H,25,27)/t17-,20-/m0/s1. The number of amides is 2. The molecule has 0 bridgehead atoms. The Morgan fingerprint density at radius 2 is 1.64 bits per heavy atom. The summed E-state index contributed by atoms with van der Waals surface area (Å²) in [4.78, 5) is 40.9. The lowest BCUT2D eigenvalue weighted by Gasteiger charge is -2.22. The molecule has 0 aliphatic heterocycles. The summed E-state index contributed by atoms with van der Waals surface area (Å²) >= 11 is 0. The molecule has 0 aliphatic carbocycles. The Morgan fingerprint density at radius 3 is 2.29 bits per heavy atom. The predicted molar refractivity (Wildman–Crippen MR) is 110 cm³/mol. The van der Waals surface area contributed by atoms with E-state index in [0.717, 1.165) is 5.39 Å². The number of para-hydroxylation sites is 1. The molecule has 6 nitrogen and oxygen atoms in total. The van der Waals surface area contributed by atoms with Gasteiger partial charge in [0.05, 0.1) is 11.6 Å². The van der Waals surface area contributed by atoms with Crippen LogP contribution in [0.5, 0.6) is 0 Å². The van der Waals surface area contributed by atoms with Gasteiger partial charge in [0.15, 0.2) is 0 Å². The zero-order chi connectivity index (χ0) is 20.7. The van der Waals surface area contributed by atoms with Gasteiger partial charge in [0.25, 0.3) is 5.91 Å². The van der Waals surface area contributed by atoms with E-state index in [1.54, 1.807) is 6.07 Å². The monoisotopic (exact) mass is 382 g/mol. The average molecular weight is 382 g/mol. The molecule has 0 aliphatic rings. The average Bonchev–Trinajstić information content (AvgIpc) is 2.65. The van der Waals surface area contributed by atoms with E-state index in [9.17, 15) is 14.4 Å². The Morgan fingerprint density at radius 1 is 0.964 bits per heavy atom. The van der Waals surface area contributed by atoms with Crippen LogP contribution in [-0.4, -0.2) is 35.2 Å². The molecule has 2 atom stereocenters. The molecule has 1 heterocycles. The number of pyridine rings is 1. The molecular formula is C22H28N3O3. The summed E-state index contributed by atoms with van der Waals surface area (Å²) in [5.74, 6) is -0.366. The molecule has 0 unspecified atom stereocenters. The second kappa shape index (κ2) is 9.97. The number of carbonyl (C=O) groups excluding carboxylic acids is 3. The molecule has 2 aromatic rings. The summed E-state index contributed by atoms with van der Waals surface area (Å²) in [5.41, 5.74) is 0.966. The van der Waals surface area contributed by atoms with E-state index in [2.05, 4.69) is 15.6 Å². The molecule has 0 spiro atoms. The number of aromatic nitrogens is 1. The van der Waals surface area contributed by atoms with E-state index < -0.39 is 18.0 Å². The first-order valence-corrected chi connectivity index (χ1v) is 9.64. The topological polar surface area (TPSA) is 88.2 Å². The van der Waals surface area contributed by atoms with Crippen molar-refractivity contribution in [3.63, 3.8) is 0 Å². The van der Waals surface area contributed by atoms with Gasteiger partial charge in [-0.05, 0) is 36.8 Å². The molecule has 0 fully saturated rings. The largest absolute Gasteiger partial charge is 0.344 e. The van der Waals surface area contributed by atoms with Crippen LogP contribution in [0.2, 0.25) is 0 Å². The minimum atomic E-state index is -0.746. The zero-order valence-corrected chi connectivity index (χ0v) is 16.9. The Labute approximate surface area is 166 Å². The summed E-state index contributed by atoms with van der Waals surface area (Å²) in [6.07, 6.45) is 2.83. The lowest BCUT2D eigenvalue weighted by atomic mass is 10.0. The molecule has 1 aromatic carbocycles. The fourth-order valence-corrected chi connectivity index (χ4v) is 3.01. The van der Waals surface area contributed by atoms with Gasteiger partial charge < -0.3 is 10.6 Å². The van der Waals surface area contributed by atoms with Gasteiger partial charge in [-0.3, -0.25) is 14.4 Å². The predicted octanol–water partition coefficient (Wildman–Crippen LogP) is 3.02. The third-order valence-corrected chi connectivity index (χ3v) is 4.33. The molecule has 1 aromatic heterocycles. The van der Waals surface area contributed by atoms with Gasteiger partial charge in [-0.25, -0.2) is 4.98 Å². The van der Waals surface area contributed by atoms with E-state index in [1.807, 2.05) is 64.3 Å². The van der Waals surface area contributed by atoms with E-state index >= 15 is 0 Å². The van der Waals surface area contributed by atoms with Crippen LogP contribution >= 0.6 is 0 Å². The van der Waals surface area contributed by atoms with Gasteiger partial charge in [-0.2, -0.15) is 0 Å². The summed E-state index contributed by atoms with van der Waals surface area (Å²) in [5, 5.41) is 6.40. The number of fused-ring (bicyclic) bond motifs is 1. The molecule has 2 N–H and O–H groups in total. The fourth-order valence-electron chi connectivity index (χ4n) is 3.01. The highest BCUT2D eigenvalue weighted by Crippen LogP contribution is 2.13. The maximum Gasteiger partial charge on any atom is 0.270 e. The van der Waals surface area contributed by atoms with Crippen molar-refractivity contribution in [1.82, 2.24) is 15.6 Å². The van der Waals surface area contributed by atoms with Gasteiger partial charge in [0, 0.05) is 5.39 Å². The maximum absolute atomic E-state index is 12.7. The van der Waals surface area contributed by atoms with Gasteiger partial charge in [-0.15, -0.1) is 0 Å². The minimum absolute atomic E-state index is 0.185. The number of nitrogens with one attached hydrogen (secondary N) is 2. The summed E-state index contributed by atoms with van der Waals surface area (Å²) in [6.45, 7) is 7.88. The van der Waals surface area contributed by atoms with Crippen LogP contribution in [0.25, 0.3) is 10.9 Å². The Hall–Kier alpha value is -2.76. The maximum atomic E-state index is 12.7. The van der Waals surface area contributed by atoms with Crippen molar-refractivity contribution in [2.75, 3.05) is 0 Å². The first-order chi connectivity index (χ1) is 13.3. The second-order valence-electron chi connectivity index (χ2n) is 7.85. The quantitative estimate of drug-likeness (QED) is 0.698. The van der Waals surface area contributed by atoms with E-state index in [-0.39, 0.29) is 23.4 Å². The van der Waals surface area contributed by atoms with Gasteiger partial charge in [-0.1, -0.05) is 52.0 Å². The summed E-state index contributed by atoms with van der Waals surface area (Å²) in [6, 6.07) is 9.56. The number of nitrogens with zero attached hydrogens (tertiary/aromatic N) is 1. The molecule has 1 radical (unpaired) electrons. The number of carbonyl (C=O) groups is 2. The Bertz CT molecular complexity index is 833. The van der Waals surface area contributed by atoms with Crippen LogP contribution in [0.15, 0.2) is 36.4 Å². The lowest BCUT2D eigenvalue weighted by Crippen LogP contribution is -2.50. The van der Waals surface area contributed by atoms with Crippen LogP contribution in [0, 0.1) is 11.8 Å². The van der Waals surface area contributed by atoms with Crippen molar-refractivity contribution < 1.29 is 14.4 Å². The van der Waals surface area contributed by atoms with E-state index in [0.29, 0.717) is 18.4 Å². The molecule has 2 rings (SSSR count). The van der Waals surface area contributed by atoms with Crippen LogP contribution < -0.4 is 10.6 Å².